The van der Waals surface area contributed by atoms with Crippen LogP contribution < -0.4 is 10.6 Å². The van der Waals surface area contributed by atoms with Gasteiger partial charge < -0.3 is 10.6 Å². The Morgan fingerprint density at radius 3 is 2.88 bits per heavy atom. The van der Waals surface area contributed by atoms with Gasteiger partial charge in [0, 0.05) is 18.6 Å². The highest BCUT2D eigenvalue weighted by molar-refractivity contribution is 6.18. The Hall–Kier alpha value is -1.22. The zero-order valence-corrected chi connectivity index (χ0v) is 10.5. The molecule has 1 aromatic carbocycles. The quantitative estimate of drug-likeness (QED) is 0.498. The molecule has 1 rings (SSSR count). The van der Waals surface area contributed by atoms with Crippen molar-refractivity contribution in [3.05, 3.63) is 29.8 Å². The van der Waals surface area contributed by atoms with Crippen molar-refractivity contribution in [2.24, 2.45) is 10.7 Å². The molecule has 0 amide bonds. The van der Waals surface area contributed by atoms with Gasteiger partial charge in [0.15, 0.2) is 5.96 Å². The summed E-state index contributed by atoms with van der Waals surface area (Å²) in [6.45, 7) is 2.68. The first-order chi connectivity index (χ1) is 7.69. The van der Waals surface area contributed by atoms with Gasteiger partial charge >= 0.3 is 0 Å². The van der Waals surface area contributed by atoms with Gasteiger partial charge in [0.25, 0.3) is 0 Å². The average Bonchev–Trinajstić information content (AvgIpc) is 2.35. The molecule has 16 heavy (non-hydrogen) atoms. The number of hydrogen-bond acceptors (Lipinski definition) is 1. The molecule has 0 spiro atoms. The summed E-state index contributed by atoms with van der Waals surface area (Å²) in [6, 6.07) is 8.26. The van der Waals surface area contributed by atoms with Gasteiger partial charge in [0.1, 0.15) is 0 Å². The number of benzene rings is 1. The number of hydrogen-bond donors (Lipinski definition) is 1. The fourth-order valence-electron chi connectivity index (χ4n) is 1.38. The van der Waals surface area contributed by atoms with Gasteiger partial charge in [-0.2, -0.15) is 0 Å². The Morgan fingerprint density at radius 1 is 1.50 bits per heavy atom. The third-order valence-electron chi connectivity index (χ3n) is 2.41. The fourth-order valence-corrected chi connectivity index (χ4v) is 1.46. The van der Waals surface area contributed by atoms with E-state index in [-0.39, 0.29) is 0 Å². The van der Waals surface area contributed by atoms with E-state index in [0.717, 1.165) is 12.1 Å². The molecule has 88 valence electrons. The predicted molar refractivity (Wildman–Crippen MR) is 71.4 cm³/mol. The number of aliphatic imine (C=N–C) groups is 1. The summed E-state index contributed by atoms with van der Waals surface area (Å²) in [5.74, 6) is 0.984. The summed E-state index contributed by atoms with van der Waals surface area (Å²) >= 11 is 5.56. The van der Waals surface area contributed by atoms with Crippen molar-refractivity contribution in [1.29, 1.82) is 0 Å². The zero-order valence-electron chi connectivity index (χ0n) is 9.78. The van der Waals surface area contributed by atoms with Crippen molar-refractivity contribution in [2.45, 2.75) is 13.3 Å². The molecule has 0 aliphatic heterocycles. The van der Waals surface area contributed by atoms with E-state index >= 15 is 0 Å². The highest BCUT2D eigenvalue weighted by Crippen LogP contribution is 2.14. The molecule has 0 unspecified atom stereocenters. The van der Waals surface area contributed by atoms with Gasteiger partial charge in [-0.15, -0.1) is 11.6 Å². The molecular weight excluding hydrogens is 222 g/mol. The van der Waals surface area contributed by atoms with Crippen LogP contribution in [-0.2, 0) is 6.42 Å². The highest BCUT2D eigenvalue weighted by atomic mass is 35.5. The summed E-state index contributed by atoms with van der Waals surface area (Å²) in [6.07, 6.45) is 1.01. The van der Waals surface area contributed by atoms with Crippen molar-refractivity contribution >= 4 is 23.2 Å². The van der Waals surface area contributed by atoms with Gasteiger partial charge in [0.2, 0.25) is 0 Å². The van der Waals surface area contributed by atoms with E-state index in [1.54, 1.807) is 0 Å². The molecule has 0 saturated carbocycles. The summed E-state index contributed by atoms with van der Waals surface area (Å²) in [4.78, 5) is 6.03. The lowest BCUT2D eigenvalue weighted by Crippen LogP contribution is -2.34. The monoisotopic (exact) mass is 239 g/mol. The molecular formula is C12H18ClN3. The molecule has 3 nitrogen and oxygen atoms in total. The molecule has 0 aliphatic rings. The van der Waals surface area contributed by atoms with Crippen LogP contribution in [0.5, 0.6) is 0 Å². The summed E-state index contributed by atoms with van der Waals surface area (Å²) in [5, 5.41) is 0. The summed E-state index contributed by atoms with van der Waals surface area (Å²) in [5.41, 5.74) is 8.18. The maximum Gasteiger partial charge on any atom is 0.195 e. The van der Waals surface area contributed by atoms with Crippen LogP contribution in [0, 0.1) is 0 Å². The normalized spacial score (nSPS) is 11.6. The van der Waals surface area contributed by atoms with E-state index in [1.807, 2.05) is 24.1 Å². The van der Waals surface area contributed by atoms with Gasteiger partial charge in [-0.1, -0.05) is 19.1 Å². The molecule has 4 heteroatoms. The van der Waals surface area contributed by atoms with Crippen LogP contribution >= 0.6 is 11.6 Å². The molecule has 0 aliphatic carbocycles. The smallest absolute Gasteiger partial charge is 0.195 e. The maximum atomic E-state index is 5.84. The molecule has 2 N–H and O–H groups in total. The van der Waals surface area contributed by atoms with Crippen LogP contribution in [0.1, 0.15) is 12.5 Å². The number of rotatable bonds is 4. The van der Waals surface area contributed by atoms with Gasteiger partial charge in [-0.25, -0.2) is 0 Å². The lowest BCUT2D eigenvalue weighted by atomic mass is 10.1. The second-order valence-electron chi connectivity index (χ2n) is 3.51. The number of guanidine groups is 1. The first-order valence-corrected chi connectivity index (χ1v) is 5.91. The van der Waals surface area contributed by atoms with E-state index < -0.39 is 0 Å². The minimum Gasteiger partial charge on any atom is -0.370 e. The third kappa shape index (κ3) is 3.42. The van der Waals surface area contributed by atoms with Crippen molar-refractivity contribution in [3.63, 3.8) is 0 Å². The Labute approximate surface area is 102 Å². The minimum absolute atomic E-state index is 0.490. The van der Waals surface area contributed by atoms with E-state index in [0.29, 0.717) is 18.4 Å². The summed E-state index contributed by atoms with van der Waals surface area (Å²) in [7, 11) is 1.90. The first-order valence-electron chi connectivity index (χ1n) is 5.37. The number of nitrogens with zero attached hydrogens (tertiary/aromatic N) is 2. The van der Waals surface area contributed by atoms with Crippen LogP contribution in [0.4, 0.5) is 5.69 Å². The van der Waals surface area contributed by atoms with Crippen LogP contribution in [0.3, 0.4) is 0 Å². The topological polar surface area (TPSA) is 41.6 Å². The molecule has 0 fully saturated rings. The third-order valence-corrected chi connectivity index (χ3v) is 2.58. The maximum absolute atomic E-state index is 5.84. The van der Waals surface area contributed by atoms with Gasteiger partial charge in [-0.05, 0) is 24.1 Å². The van der Waals surface area contributed by atoms with E-state index in [2.05, 4.69) is 24.0 Å². The molecule has 1 aromatic rings. The average molecular weight is 240 g/mol. The van der Waals surface area contributed by atoms with E-state index in [9.17, 15) is 0 Å². The largest absolute Gasteiger partial charge is 0.370 e. The first kappa shape index (κ1) is 12.8. The Kier molecular flexibility index (Phi) is 5.12. The van der Waals surface area contributed by atoms with Crippen molar-refractivity contribution < 1.29 is 0 Å². The van der Waals surface area contributed by atoms with Gasteiger partial charge in [0.05, 0.1) is 6.54 Å². The highest BCUT2D eigenvalue weighted by Gasteiger charge is 2.04. The number of aryl methyl sites for hydroxylation is 1. The Bertz CT molecular complexity index is 363. The molecule has 0 saturated heterocycles. The summed E-state index contributed by atoms with van der Waals surface area (Å²) < 4.78 is 0. The second-order valence-corrected chi connectivity index (χ2v) is 3.89. The minimum atomic E-state index is 0.490. The van der Waals surface area contributed by atoms with Crippen molar-refractivity contribution in [3.8, 4) is 0 Å². The second kappa shape index (κ2) is 6.38. The number of nitrogens with two attached hydrogens (primary N) is 1. The van der Waals surface area contributed by atoms with E-state index in [4.69, 9.17) is 17.3 Å². The fraction of sp³-hybridized carbons (Fsp3) is 0.417. The van der Waals surface area contributed by atoms with Crippen LogP contribution in [0.2, 0.25) is 0 Å². The standard InChI is InChI=1S/C12H18ClN3/c1-3-10-5-4-6-11(9-10)16(2)12(14)15-8-7-13/h4-6,9H,3,7-8H2,1-2H3,(H2,14,15). The molecule has 0 radical (unpaired) electrons. The lowest BCUT2D eigenvalue weighted by Gasteiger charge is -2.18. The van der Waals surface area contributed by atoms with Crippen molar-refractivity contribution in [1.82, 2.24) is 0 Å². The van der Waals surface area contributed by atoms with Crippen LogP contribution in [0.15, 0.2) is 29.3 Å². The number of anilines is 1. The van der Waals surface area contributed by atoms with Gasteiger partial charge in [-0.3, -0.25) is 4.99 Å². The number of halogens is 1. The van der Waals surface area contributed by atoms with Crippen LogP contribution in [-0.4, -0.2) is 25.4 Å². The number of alkyl halides is 1. The molecule has 0 bridgehead atoms. The zero-order chi connectivity index (χ0) is 12.0. The van der Waals surface area contributed by atoms with E-state index in [1.165, 1.54) is 5.56 Å². The van der Waals surface area contributed by atoms with Crippen LogP contribution in [0.25, 0.3) is 0 Å². The predicted octanol–water partition coefficient (Wildman–Crippen LogP) is 2.24. The molecule has 0 heterocycles. The Morgan fingerprint density at radius 2 is 2.25 bits per heavy atom. The SMILES string of the molecule is CCc1cccc(N(C)C(N)=NCCCl)c1. The molecule has 0 aromatic heterocycles. The molecule has 0 atom stereocenters. The van der Waals surface area contributed by atoms with Crippen molar-refractivity contribution in [2.75, 3.05) is 24.4 Å². The Balaban J connectivity index is 2.82. The lowest BCUT2D eigenvalue weighted by molar-refractivity contribution is 1.08.